The van der Waals surface area contributed by atoms with E-state index in [1.165, 1.54) is 16.8 Å². The number of aryl methyl sites for hydroxylation is 2. The number of nitrogens with zero attached hydrogens (tertiary/aromatic N) is 1. The maximum atomic E-state index is 9.77. The molecule has 1 aromatic rings. The summed E-state index contributed by atoms with van der Waals surface area (Å²) in [6, 6.07) is 6.53. The summed E-state index contributed by atoms with van der Waals surface area (Å²) in [4.78, 5) is 2.27. The lowest BCUT2D eigenvalue weighted by Gasteiger charge is -2.39. The Balaban J connectivity index is 2.12. The van der Waals surface area contributed by atoms with Crippen LogP contribution in [0.4, 0.5) is 5.69 Å². The number of rotatable bonds is 4. The average molecular weight is 263 g/mol. The number of benzene rings is 1. The highest BCUT2D eigenvalue weighted by Gasteiger charge is 2.33. The van der Waals surface area contributed by atoms with Gasteiger partial charge in [0.2, 0.25) is 0 Å². The van der Waals surface area contributed by atoms with E-state index in [2.05, 4.69) is 44.0 Å². The number of hydrogen-bond donors (Lipinski definition) is 1. The second-order valence-corrected chi connectivity index (χ2v) is 5.92. The standard InChI is InChI=1S/C16H25NO2/c1-13-4-5-15(14(2)10-13)17(3)11-16(12-18)6-8-19-9-7-16/h4-5,10,18H,6-9,11-12H2,1-3H3. The fraction of sp³-hybridized carbons (Fsp3) is 0.625. The maximum Gasteiger partial charge on any atom is 0.0506 e. The Kier molecular flexibility index (Phi) is 4.48. The van der Waals surface area contributed by atoms with Gasteiger partial charge in [-0.3, -0.25) is 0 Å². The second-order valence-electron chi connectivity index (χ2n) is 5.92. The Morgan fingerprint density at radius 1 is 1.26 bits per heavy atom. The third-order valence-electron chi connectivity index (χ3n) is 4.22. The van der Waals surface area contributed by atoms with Crippen molar-refractivity contribution >= 4 is 5.69 Å². The maximum absolute atomic E-state index is 9.77. The number of aliphatic hydroxyl groups excluding tert-OH is 1. The van der Waals surface area contributed by atoms with Crippen molar-refractivity contribution in [1.29, 1.82) is 0 Å². The molecule has 1 fully saturated rings. The summed E-state index contributed by atoms with van der Waals surface area (Å²) in [5.41, 5.74) is 3.83. The van der Waals surface area contributed by atoms with Gasteiger partial charge in [-0.2, -0.15) is 0 Å². The molecule has 0 atom stereocenters. The molecule has 0 aliphatic carbocycles. The molecule has 2 rings (SSSR count). The van der Waals surface area contributed by atoms with Crippen LogP contribution in [0.1, 0.15) is 24.0 Å². The highest BCUT2D eigenvalue weighted by atomic mass is 16.5. The Bertz CT molecular complexity index is 425. The topological polar surface area (TPSA) is 32.7 Å². The lowest BCUT2D eigenvalue weighted by molar-refractivity contribution is -0.0113. The molecular weight excluding hydrogens is 238 g/mol. The SMILES string of the molecule is Cc1ccc(N(C)CC2(CO)CCOCC2)c(C)c1. The first-order valence-corrected chi connectivity index (χ1v) is 7.03. The minimum absolute atomic E-state index is 0.00960. The summed E-state index contributed by atoms with van der Waals surface area (Å²) in [7, 11) is 2.12. The van der Waals surface area contributed by atoms with E-state index in [1.54, 1.807) is 0 Å². The van der Waals surface area contributed by atoms with E-state index >= 15 is 0 Å². The van der Waals surface area contributed by atoms with Crippen LogP contribution in [0, 0.1) is 19.3 Å². The zero-order chi connectivity index (χ0) is 13.9. The summed E-state index contributed by atoms with van der Waals surface area (Å²) in [5.74, 6) is 0. The van der Waals surface area contributed by atoms with Crippen molar-refractivity contribution in [3.8, 4) is 0 Å². The van der Waals surface area contributed by atoms with Crippen LogP contribution in [0.3, 0.4) is 0 Å². The molecule has 0 radical (unpaired) electrons. The monoisotopic (exact) mass is 263 g/mol. The smallest absolute Gasteiger partial charge is 0.0506 e. The summed E-state index contributed by atoms with van der Waals surface area (Å²) in [6.45, 7) is 6.92. The highest BCUT2D eigenvalue weighted by Crippen LogP contribution is 2.33. The Morgan fingerprint density at radius 3 is 2.53 bits per heavy atom. The fourth-order valence-electron chi connectivity index (χ4n) is 2.99. The number of aliphatic hydroxyl groups is 1. The molecule has 19 heavy (non-hydrogen) atoms. The zero-order valence-corrected chi connectivity index (χ0v) is 12.3. The highest BCUT2D eigenvalue weighted by molar-refractivity contribution is 5.54. The van der Waals surface area contributed by atoms with Gasteiger partial charge in [0.05, 0.1) is 6.61 Å². The molecule has 0 aromatic heterocycles. The average Bonchev–Trinajstić information content (AvgIpc) is 2.39. The molecule has 0 spiro atoms. The minimum atomic E-state index is -0.00960. The van der Waals surface area contributed by atoms with Gasteiger partial charge in [-0.15, -0.1) is 0 Å². The van der Waals surface area contributed by atoms with E-state index in [0.717, 1.165) is 32.6 Å². The van der Waals surface area contributed by atoms with Crippen LogP contribution in [0.15, 0.2) is 18.2 Å². The Labute approximate surface area is 116 Å². The summed E-state index contributed by atoms with van der Waals surface area (Å²) in [6.07, 6.45) is 1.89. The van der Waals surface area contributed by atoms with Crippen LogP contribution in [0.5, 0.6) is 0 Å². The molecule has 1 saturated heterocycles. The summed E-state index contributed by atoms with van der Waals surface area (Å²) >= 11 is 0. The van der Waals surface area contributed by atoms with Crippen LogP contribution < -0.4 is 4.90 Å². The van der Waals surface area contributed by atoms with Crippen LogP contribution in [0.2, 0.25) is 0 Å². The van der Waals surface area contributed by atoms with Crippen molar-refractivity contribution in [3.05, 3.63) is 29.3 Å². The molecule has 0 bridgehead atoms. The molecule has 0 amide bonds. The number of ether oxygens (including phenoxy) is 1. The van der Waals surface area contributed by atoms with Gasteiger partial charge in [0, 0.05) is 37.9 Å². The van der Waals surface area contributed by atoms with Crippen LogP contribution in [0.25, 0.3) is 0 Å². The van der Waals surface area contributed by atoms with Gasteiger partial charge in [0.25, 0.3) is 0 Å². The first-order valence-electron chi connectivity index (χ1n) is 7.03. The molecule has 3 nitrogen and oxygen atoms in total. The Morgan fingerprint density at radius 2 is 1.95 bits per heavy atom. The Hall–Kier alpha value is -1.06. The van der Waals surface area contributed by atoms with Crippen molar-refractivity contribution in [3.63, 3.8) is 0 Å². The first-order chi connectivity index (χ1) is 9.06. The fourth-order valence-corrected chi connectivity index (χ4v) is 2.99. The van der Waals surface area contributed by atoms with Gasteiger partial charge < -0.3 is 14.7 Å². The van der Waals surface area contributed by atoms with Crippen molar-refractivity contribution in [1.82, 2.24) is 0 Å². The van der Waals surface area contributed by atoms with E-state index in [4.69, 9.17) is 4.74 Å². The van der Waals surface area contributed by atoms with Gasteiger partial charge in [0.15, 0.2) is 0 Å². The first kappa shape index (κ1) is 14.4. The molecule has 1 aliphatic heterocycles. The third-order valence-corrected chi connectivity index (χ3v) is 4.22. The van der Waals surface area contributed by atoms with Gasteiger partial charge in [-0.1, -0.05) is 17.7 Å². The normalized spacial score (nSPS) is 18.3. The molecule has 1 aliphatic rings. The quantitative estimate of drug-likeness (QED) is 0.906. The van der Waals surface area contributed by atoms with Crippen molar-refractivity contribution in [2.75, 3.05) is 38.3 Å². The van der Waals surface area contributed by atoms with Gasteiger partial charge in [-0.25, -0.2) is 0 Å². The molecule has 0 unspecified atom stereocenters. The van der Waals surface area contributed by atoms with E-state index in [0.29, 0.717) is 0 Å². The van der Waals surface area contributed by atoms with Crippen molar-refractivity contribution < 1.29 is 9.84 Å². The summed E-state index contributed by atoms with van der Waals surface area (Å²) < 4.78 is 5.42. The largest absolute Gasteiger partial charge is 0.396 e. The van der Waals surface area contributed by atoms with E-state index < -0.39 is 0 Å². The van der Waals surface area contributed by atoms with E-state index in [9.17, 15) is 5.11 Å². The van der Waals surface area contributed by atoms with Crippen molar-refractivity contribution in [2.24, 2.45) is 5.41 Å². The molecule has 0 saturated carbocycles. The van der Waals surface area contributed by atoms with Gasteiger partial charge in [0.1, 0.15) is 0 Å². The van der Waals surface area contributed by atoms with E-state index in [1.807, 2.05) is 0 Å². The van der Waals surface area contributed by atoms with E-state index in [-0.39, 0.29) is 12.0 Å². The molecule has 1 N–H and O–H groups in total. The predicted octanol–water partition coefficient (Wildman–Crippen LogP) is 2.53. The van der Waals surface area contributed by atoms with Crippen LogP contribution in [-0.2, 0) is 4.74 Å². The number of hydrogen-bond acceptors (Lipinski definition) is 3. The molecule has 3 heteroatoms. The predicted molar refractivity (Wildman–Crippen MR) is 78.8 cm³/mol. The molecule has 1 aromatic carbocycles. The third kappa shape index (κ3) is 3.28. The second kappa shape index (κ2) is 5.93. The lowest BCUT2D eigenvalue weighted by atomic mass is 9.80. The van der Waals surface area contributed by atoms with Crippen molar-refractivity contribution in [2.45, 2.75) is 26.7 Å². The summed E-state index contributed by atoms with van der Waals surface area (Å²) in [5, 5.41) is 9.77. The zero-order valence-electron chi connectivity index (χ0n) is 12.3. The van der Waals surface area contributed by atoms with Crippen LogP contribution >= 0.6 is 0 Å². The molecular formula is C16H25NO2. The minimum Gasteiger partial charge on any atom is -0.396 e. The lowest BCUT2D eigenvalue weighted by Crippen LogP contribution is -2.42. The number of anilines is 1. The molecule has 106 valence electrons. The van der Waals surface area contributed by atoms with Crippen LogP contribution in [-0.4, -0.2) is 38.5 Å². The van der Waals surface area contributed by atoms with Gasteiger partial charge in [-0.05, 0) is 38.3 Å². The molecule has 1 heterocycles. The van der Waals surface area contributed by atoms with Gasteiger partial charge >= 0.3 is 0 Å².